The molecule has 0 fully saturated rings. The topological polar surface area (TPSA) is 197 Å². The first-order valence-electron chi connectivity index (χ1n) is 9.45. The third kappa shape index (κ3) is 3.97. The lowest BCUT2D eigenvalue weighted by molar-refractivity contribution is -0.136. The second kappa shape index (κ2) is 7.97. The quantitative estimate of drug-likeness (QED) is 0.244. The number of ether oxygens (including phenoxy) is 2. The molecule has 0 amide bonds. The third-order valence-corrected chi connectivity index (χ3v) is 5.02. The molecule has 2 aromatic carbocycles. The minimum atomic E-state index is -1.61. The van der Waals surface area contributed by atoms with Crippen LogP contribution < -0.4 is 4.74 Å². The molecule has 2 aliphatic rings. The van der Waals surface area contributed by atoms with E-state index in [0.29, 0.717) is 0 Å². The van der Waals surface area contributed by atoms with Gasteiger partial charge >= 0.3 is 5.97 Å². The molecule has 0 aromatic heterocycles. The zero-order valence-corrected chi connectivity index (χ0v) is 16.6. The van der Waals surface area contributed by atoms with Crippen LogP contribution in [0.1, 0.15) is 17.2 Å². The summed E-state index contributed by atoms with van der Waals surface area (Å²) in [6.07, 6.45) is -1.39. The van der Waals surface area contributed by atoms with Crippen LogP contribution in [0.25, 0.3) is 6.08 Å². The van der Waals surface area contributed by atoms with Gasteiger partial charge < -0.3 is 50.3 Å². The van der Waals surface area contributed by atoms with Gasteiger partial charge in [-0.15, -0.1) is 0 Å². The van der Waals surface area contributed by atoms with Crippen molar-refractivity contribution >= 4 is 12.0 Å². The predicted molar refractivity (Wildman–Crippen MR) is 109 cm³/mol. The highest BCUT2D eigenvalue weighted by Gasteiger charge is 2.33. The molecule has 33 heavy (non-hydrogen) atoms. The summed E-state index contributed by atoms with van der Waals surface area (Å²) in [5, 5.41) is 78.4. The highest BCUT2D eigenvalue weighted by atomic mass is 16.6. The Hall–Kier alpha value is -4.35. The molecule has 11 nitrogen and oxygen atoms in total. The summed E-state index contributed by atoms with van der Waals surface area (Å²) in [6.45, 7) is 0. The summed E-state index contributed by atoms with van der Waals surface area (Å²) in [5.74, 6) is -4.88. The molecule has 0 spiro atoms. The summed E-state index contributed by atoms with van der Waals surface area (Å²) in [5.41, 5.74) is -0.213. The number of carbonyl (C=O) groups excluding carboxylic acids is 1. The minimum Gasteiger partial charge on any atom is -0.509 e. The van der Waals surface area contributed by atoms with E-state index in [1.807, 2.05) is 0 Å². The first kappa shape index (κ1) is 21.9. The van der Waals surface area contributed by atoms with Crippen molar-refractivity contribution in [2.24, 2.45) is 0 Å². The molecule has 11 heteroatoms. The maximum atomic E-state index is 12.7. The van der Waals surface area contributed by atoms with Gasteiger partial charge in [0.2, 0.25) is 0 Å². The van der Waals surface area contributed by atoms with E-state index in [-0.39, 0.29) is 34.0 Å². The van der Waals surface area contributed by atoms with Crippen molar-refractivity contribution in [3.8, 4) is 34.5 Å². The van der Waals surface area contributed by atoms with Crippen LogP contribution in [0.5, 0.6) is 34.5 Å². The lowest BCUT2D eigenvalue weighted by atomic mass is 9.99. The number of esters is 1. The summed E-state index contributed by atoms with van der Waals surface area (Å²) in [6, 6.07) is 4.29. The van der Waals surface area contributed by atoms with Crippen molar-refractivity contribution in [3.05, 3.63) is 64.6 Å². The zero-order chi connectivity index (χ0) is 24.0. The van der Waals surface area contributed by atoms with Crippen LogP contribution in [0.4, 0.5) is 0 Å². The Morgan fingerprint density at radius 3 is 2.18 bits per heavy atom. The second-order valence-corrected chi connectivity index (χ2v) is 7.35. The number of fused-ring (bicyclic) bond motifs is 1. The van der Waals surface area contributed by atoms with Gasteiger partial charge in [-0.05, 0) is 30.4 Å². The second-order valence-electron chi connectivity index (χ2n) is 7.35. The maximum Gasteiger partial charge on any atom is 0.343 e. The summed E-state index contributed by atoms with van der Waals surface area (Å²) in [7, 11) is 0. The lowest BCUT2D eigenvalue weighted by Crippen LogP contribution is -2.30. The van der Waals surface area contributed by atoms with Gasteiger partial charge in [0, 0.05) is 17.7 Å². The first-order chi connectivity index (χ1) is 15.5. The van der Waals surface area contributed by atoms with Gasteiger partial charge in [0.05, 0.1) is 11.1 Å². The highest BCUT2D eigenvalue weighted by molar-refractivity contribution is 5.93. The van der Waals surface area contributed by atoms with Gasteiger partial charge in [-0.25, -0.2) is 4.79 Å². The standard InChI is InChI=1S/C22H18O11/c23-10-5-12(24)11-7-18(33-22(31)9-3-15(27)20(30)16(28)4-9)21(32-17(11)6-10)8-1-13(25)19(29)14(26)2-8/h1-7,15,20-21,23-30H/t15-,20-,21?/m1/s1. The van der Waals surface area contributed by atoms with Crippen LogP contribution in [0.3, 0.4) is 0 Å². The van der Waals surface area contributed by atoms with E-state index in [4.69, 9.17) is 9.47 Å². The van der Waals surface area contributed by atoms with E-state index in [1.165, 1.54) is 12.1 Å². The number of aromatic hydroxyl groups is 5. The van der Waals surface area contributed by atoms with Gasteiger partial charge in [0.1, 0.15) is 35.2 Å². The Balaban J connectivity index is 1.77. The van der Waals surface area contributed by atoms with Gasteiger partial charge in [-0.1, -0.05) is 0 Å². The number of hydrogen-bond acceptors (Lipinski definition) is 11. The predicted octanol–water partition coefficient (Wildman–Crippen LogP) is 1.34. The van der Waals surface area contributed by atoms with Gasteiger partial charge in [0.15, 0.2) is 29.1 Å². The number of hydrogen-bond donors (Lipinski definition) is 8. The van der Waals surface area contributed by atoms with Gasteiger partial charge in [-0.3, -0.25) is 0 Å². The van der Waals surface area contributed by atoms with Crippen molar-refractivity contribution in [1.82, 2.24) is 0 Å². The molecule has 2 aromatic rings. The summed E-state index contributed by atoms with van der Waals surface area (Å²) in [4.78, 5) is 12.7. The fourth-order valence-electron chi connectivity index (χ4n) is 3.37. The van der Waals surface area contributed by atoms with E-state index in [1.54, 1.807) is 0 Å². The molecule has 8 N–H and O–H groups in total. The van der Waals surface area contributed by atoms with E-state index in [0.717, 1.165) is 30.4 Å². The largest absolute Gasteiger partial charge is 0.509 e. The molecule has 1 unspecified atom stereocenters. The Morgan fingerprint density at radius 1 is 0.879 bits per heavy atom. The first-order valence-corrected chi connectivity index (χ1v) is 9.45. The van der Waals surface area contributed by atoms with Crippen molar-refractivity contribution in [3.63, 3.8) is 0 Å². The molecular formula is C22H18O11. The Bertz CT molecular complexity index is 1220. The van der Waals surface area contributed by atoms with Gasteiger partial charge in [0.25, 0.3) is 0 Å². The van der Waals surface area contributed by atoms with Crippen LogP contribution in [0.15, 0.2) is 53.5 Å². The monoisotopic (exact) mass is 458 g/mol. The molecule has 1 heterocycles. The van der Waals surface area contributed by atoms with Crippen LogP contribution >= 0.6 is 0 Å². The van der Waals surface area contributed by atoms with E-state index >= 15 is 0 Å². The molecule has 1 aliphatic carbocycles. The molecule has 0 saturated heterocycles. The third-order valence-electron chi connectivity index (χ3n) is 5.02. The number of phenolic OH excluding ortho intramolecular Hbond substituents is 5. The molecule has 0 radical (unpaired) electrons. The molecule has 0 saturated carbocycles. The number of carbonyl (C=O) groups is 1. The Labute approximate surface area is 185 Å². The van der Waals surface area contributed by atoms with Crippen LogP contribution in [-0.2, 0) is 9.53 Å². The fourth-order valence-corrected chi connectivity index (χ4v) is 3.37. The van der Waals surface area contributed by atoms with E-state index in [9.17, 15) is 45.6 Å². The van der Waals surface area contributed by atoms with Crippen molar-refractivity contribution in [2.75, 3.05) is 0 Å². The van der Waals surface area contributed by atoms with Crippen LogP contribution in [-0.4, -0.2) is 59.0 Å². The molecular weight excluding hydrogens is 440 g/mol. The van der Waals surface area contributed by atoms with Crippen molar-refractivity contribution < 1.29 is 55.1 Å². The average Bonchev–Trinajstić information content (AvgIpc) is 2.75. The zero-order valence-electron chi connectivity index (χ0n) is 16.6. The minimum absolute atomic E-state index is 0.0164. The lowest BCUT2D eigenvalue weighted by Gasteiger charge is -2.28. The van der Waals surface area contributed by atoms with E-state index < -0.39 is 53.0 Å². The average molecular weight is 458 g/mol. The SMILES string of the molecule is O=C(OC1=Cc2c(O)cc(O)cc2OC1c1cc(O)c(O)c(O)c1)C1=C[C@@H](O)[C@@H](O)C(O)=C1. The number of benzene rings is 2. The Kier molecular flexibility index (Phi) is 5.28. The fraction of sp³-hybridized carbons (Fsp3) is 0.136. The normalized spacial score (nSPS) is 21.8. The maximum absolute atomic E-state index is 12.7. The van der Waals surface area contributed by atoms with Crippen LogP contribution in [0.2, 0.25) is 0 Å². The van der Waals surface area contributed by atoms with Crippen molar-refractivity contribution in [1.29, 1.82) is 0 Å². The van der Waals surface area contributed by atoms with Crippen molar-refractivity contribution in [2.45, 2.75) is 18.3 Å². The van der Waals surface area contributed by atoms with Gasteiger partial charge in [-0.2, -0.15) is 0 Å². The smallest absolute Gasteiger partial charge is 0.343 e. The Morgan fingerprint density at radius 2 is 1.55 bits per heavy atom. The van der Waals surface area contributed by atoms with E-state index in [2.05, 4.69) is 0 Å². The molecule has 4 rings (SSSR count). The number of aliphatic hydroxyl groups excluding tert-OH is 3. The number of phenols is 5. The van der Waals surface area contributed by atoms with Crippen LogP contribution in [0, 0.1) is 0 Å². The molecule has 172 valence electrons. The highest BCUT2D eigenvalue weighted by Crippen LogP contribution is 2.46. The summed E-state index contributed by atoms with van der Waals surface area (Å²) < 4.78 is 11.1. The molecule has 0 bridgehead atoms. The summed E-state index contributed by atoms with van der Waals surface area (Å²) >= 11 is 0. The molecule has 3 atom stereocenters. The number of aliphatic hydroxyl groups is 3. The number of rotatable bonds is 3. The molecule has 1 aliphatic heterocycles.